The number of pyridine rings is 1. The minimum Gasteiger partial charge on any atom is -0.468 e. The highest BCUT2D eigenvalue weighted by atomic mass is 16.5. The monoisotopic (exact) mass is 272 g/mol. The lowest BCUT2D eigenvalue weighted by molar-refractivity contribution is -0.128. The van der Waals surface area contributed by atoms with Crippen molar-refractivity contribution in [1.82, 2.24) is 9.97 Å². The molecule has 0 unspecified atom stereocenters. The normalized spacial score (nSPS) is 8.60. The molecule has 0 saturated heterocycles. The number of rotatable bonds is 3. The molecule has 5 heteroatoms. The van der Waals surface area contributed by atoms with Crippen LogP contribution >= 0.6 is 0 Å². The Labute approximate surface area is 122 Å². The lowest BCUT2D eigenvalue weighted by atomic mass is 10.1. The highest BCUT2D eigenvalue weighted by Crippen LogP contribution is 2.23. The molecule has 0 aliphatic rings. The summed E-state index contributed by atoms with van der Waals surface area (Å²) >= 11 is 0. The Morgan fingerprint density at radius 2 is 2.10 bits per heavy atom. The smallest absolute Gasteiger partial charge is 0.293 e. The number of carbonyl (C=O) groups excluding carboxylic acids is 1. The molecule has 0 aromatic carbocycles. The fraction of sp³-hybridized carbons (Fsp3) is 0.333. The van der Waals surface area contributed by atoms with Crippen molar-refractivity contribution >= 4 is 14.3 Å². The summed E-state index contributed by atoms with van der Waals surface area (Å²) in [5.74, 6) is 0. The molecule has 0 atom stereocenters. The maximum atomic E-state index is 9.18. The van der Waals surface area contributed by atoms with Crippen molar-refractivity contribution < 1.29 is 9.53 Å². The van der Waals surface area contributed by atoms with Crippen molar-refractivity contribution in [3.63, 3.8) is 0 Å². The van der Waals surface area contributed by atoms with Crippen molar-refractivity contribution in [2.24, 2.45) is 0 Å². The van der Waals surface area contributed by atoms with Crippen LogP contribution in [-0.2, 0) is 9.53 Å². The van der Waals surface area contributed by atoms with E-state index in [1.54, 1.807) is 13.1 Å². The van der Waals surface area contributed by atoms with Gasteiger partial charge in [0.2, 0.25) is 0 Å². The first-order valence-corrected chi connectivity index (χ1v) is 6.38. The number of nitrogens with one attached hydrogen (secondary N) is 1. The van der Waals surface area contributed by atoms with Crippen molar-refractivity contribution in [3.05, 3.63) is 42.0 Å². The third-order valence-corrected chi connectivity index (χ3v) is 2.61. The zero-order valence-electron chi connectivity index (χ0n) is 12.5. The van der Waals surface area contributed by atoms with E-state index in [-0.39, 0.29) is 0 Å². The number of hydrogen-bond acceptors (Lipinski definition) is 3. The molecule has 0 spiro atoms. The molecule has 0 saturated carbocycles. The van der Waals surface area contributed by atoms with Crippen molar-refractivity contribution in [3.8, 4) is 11.1 Å². The highest BCUT2D eigenvalue weighted by molar-refractivity contribution is 6.05. The van der Waals surface area contributed by atoms with Gasteiger partial charge in [0, 0.05) is 35.4 Å². The summed E-state index contributed by atoms with van der Waals surface area (Å²) in [6.07, 6.45) is 5.70. The SMILES string of the molecule is CCOC=O.Cc1[nH]cc(-c2cccnc2)c1C.[B]C. The minimum absolute atomic E-state index is 0.431. The van der Waals surface area contributed by atoms with Gasteiger partial charge in [-0.2, -0.15) is 0 Å². The van der Waals surface area contributed by atoms with Gasteiger partial charge in [-0.3, -0.25) is 9.78 Å². The van der Waals surface area contributed by atoms with Crippen molar-refractivity contribution in [2.75, 3.05) is 6.61 Å². The topological polar surface area (TPSA) is 55.0 Å². The van der Waals surface area contributed by atoms with Crippen LogP contribution in [0.3, 0.4) is 0 Å². The second kappa shape index (κ2) is 10.8. The number of aromatic nitrogens is 2. The Hall–Kier alpha value is -2.04. The van der Waals surface area contributed by atoms with Gasteiger partial charge in [0.25, 0.3) is 6.47 Å². The van der Waals surface area contributed by atoms with E-state index in [0.29, 0.717) is 13.1 Å². The summed E-state index contributed by atoms with van der Waals surface area (Å²) in [6.45, 7) is 8.36. The molecule has 0 amide bonds. The van der Waals surface area contributed by atoms with E-state index in [1.165, 1.54) is 29.2 Å². The number of hydrogen-bond donors (Lipinski definition) is 1. The van der Waals surface area contributed by atoms with Crippen LogP contribution in [0.4, 0.5) is 0 Å². The van der Waals surface area contributed by atoms with Gasteiger partial charge < -0.3 is 9.72 Å². The van der Waals surface area contributed by atoms with Crippen molar-refractivity contribution in [1.29, 1.82) is 0 Å². The first-order chi connectivity index (χ1) is 9.70. The minimum atomic E-state index is 0.431. The van der Waals surface area contributed by atoms with Gasteiger partial charge in [-0.05, 0) is 32.4 Å². The van der Waals surface area contributed by atoms with Gasteiger partial charge in [0.15, 0.2) is 0 Å². The van der Waals surface area contributed by atoms with Crippen LogP contribution in [0, 0.1) is 13.8 Å². The van der Waals surface area contributed by atoms with E-state index < -0.39 is 0 Å². The molecule has 2 heterocycles. The molecule has 2 radical (unpaired) electrons. The Morgan fingerprint density at radius 3 is 2.45 bits per heavy atom. The first-order valence-electron chi connectivity index (χ1n) is 6.38. The Kier molecular flexibility index (Phi) is 9.74. The van der Waals surface area contributed by atoms with E-state index in [2.05, 4.69) is 42.5 Å². The lowest BCUT2D eigenvalue weighted by Gasteiger charge is -1.98. The lowest BCUT2D eigenvalue weighted by Crippen LogP contribution is -1.80. The Bertz CT molecular complexity index is 484. The van der Waals surface area contributed by atoms with Crippen LogP contribution in [0.25, 0.3) is 11.1 Å². The molecule has 0 bridgehead atoms. The number of carbonyl (C=O) groups is 1. The summed E-state index contributed by atoms with van der Waals surface area (Å²) in [7, 11) is 4.50. The maximum Gasteiger partial charge on any atom is 0.293 e. The van der Waals surface area contributed by atoms with Crippen LogP contribution < -0.4 is 0 Å². The van der Waals surface area contributed by atoms with E-state index >= 15 is 0 Å². The fourth-order valence-corrected chi connectivity index (χ4v) is 1.49. The van der Waals surface area contributed by atoms with Crippen LogP contribution in [0.5, 0.6) is 0 Å². The molecule has 2 aromatic heterocycles. The van der Waals surface area contributed by atoms with E-state index in [4.69, 9.17) is 0 Å². The zero-order chi connectivity index (χ0) is 15.4. The molecule has 0 aliphatic heterocycles. The second-order valence-electron chi connectivity index (χ2n) is 3.75. The number of aryl methyl sites for hydroxylation is 1. The Morgan fingerprint density at radius 1 is 1.40 bits per heavy atom. The zero-order valence-corrected chi connectivity index (χ0v) is 12.5. The predicted octanol–water partition coefficient (Wildman–Crippen LogP) is 3.08. The largest absolute Gasteiger partial charge is 0.468 e. The number of nitrogens with zero attached hydrogens (tertiary/aromatic N) is 1. The maximum absolute atomic E-state index is 9.18. The standard InChI is InChI=1S/C11H12N2.C3H6O2.CH3B/c1-8-9(2)13-7-11(8)10-4-3-5-12-6-10;1-2-5-3-4;1-2/h3-7,13H,1-2H3;3H,2H2,1H3;1H3. The van der Waals surface area contributed by atoms with Gasteiger partial charge in [-0.1, -0.05) is 12.9 Å². The number of H-pyrrole nitrogens is 1. The molecule has 0 fully saturated rings. The van der Waals surface area contributed by atoms with Gasteiger partial charge in [-0.25, -0.2) is 0 Å². The van der Waals surface area contributed by atoms with Crippen LogP contribution in [0.15, 0.2) is 30.7 Å². The molecule has 4 nitrogen and oxygen atoms in total. The van der Waals surface area contributed by atoms with Crippen LogP contribution in [-0.4, -0.2) is 30.9 Å². The van der Waals surface area contributed by atoms with E-state index in [1.807, 2.05) is 18.5 Å². The molecular weight excluding hydrogens is 251 g/mol. The third kappa shape index (κ3) is 5.74. The van der Waals surface area contributed by atoms with Gasteiger partial charge in [-0.15, -0.1) is 0 Å². The molecule has 20 heavy (non-hydrogen) atoms. The molecular formula is C15H21BN2O2. The quantitative estimate of drug-likeness (QED) is 0.690. The number of ether oxygens (including phenoxy) is 1. The van der Waals surface area contributed by atoms with Crippen LogP contribution in [0.1, 0.15) is 18.2 Å². The van der Waals surface area contributed by atoms with Gasteiger partial charge >= 0.3 is 0 Å². The first kappa shape index (κ1) is 18.0. The number of aromatic amines is 1. The average molecular weight is 272 g/mol. The highest BCUT2D eigenvalue weighted by Gasteiger charge is 2.04. The molecule has 106 valence electrons. The Balaban J connectivity index is 0.000000441. The summed E-state index contributed by atoms with van der Waals surface area (Å²) in [5, 5.41) is 0. The summed E-state index contributed by atoms with van der Waals surface area (Å²) < 4.78 is 4.15. The van der Waals surface area contributed by atoms with Crippen LogP contribution in [0.2, 0.25) is 6.82 Å². The predicted molar refractivity (Wildman–Crippen MR) is 82.8 cm³/mol. The summed E-state index contributed by atoms with van der Waals surface area (Å²) in [4.78, 5) is 16.5. The van der Waals surface area contributed by atoms with Gasteiger partial charge in [0.05, 0.1) is 14.5 Å². The second-order valence-corrected chi connectivity index (χ2v) is 3.75. The fourth-order valence-electron chi connectivity index (χ4n) is 1.49. The molecule has 0 aliphatic carbocycles. The van der Waals surface area contributed by atoms with E-state index in [0.717, 1.165) is 0 Å². The van der Waals surface area contributed by atoms with Crippen molar-refractivity contribution in [2.45, 2.75) is 27.6 Å². The van der Waals surface area contributed by atoms with Gasteiger partial charge in [0.1, 0.15) is 0 Å². The third-order valence-electron chi connectivity index (χ3n) is 2.61. The molecule has 2 aromatic rings. The summed E-state index contributed by atoms with van der Waals surface area (Å²) in [5.41, 5.74) is 4.93. The average Bonchev–Trinajstić information content (AvgIpc) is 2.84. The molecule has 1 N–H and O–H groups in total. The summed E-state index contributed by atoms with van der Waals surface area (Å²) in [6, 6.07) is 4.03. The molecule has 2 rings (SSSR count). The van der Waals surface area contributed by atoms with E-state index in [9.17, 15) is 4.79 Å².